The van der Waals surface area contributed by atoms with Crippen molar-refractivity contribution in [1.82, 2.24) is 9.80 Å². The Morgan fingerprint density at radius 2 is 1.96 bits per heavy atom. The summed E-state index contributed by atoms with van der Waals surface area (Å²) in [7, 11) is 4.33. The molecule has 0 saturated carbocycles. The molecule has 0 saturated heterocycles. The smallest absolute Gasteiger partial charge is 0.116 e. The van der Waals surface area contributed by atoms with Gasteiger partial charge in [0.1, 0.15) is 5.84 Å². The Labute approximate surface area is 153 Å². The molecule has 1 aliphatic rings. The van der Waals surface area contributed by atoms with Crippen LogP contribution < -0.4 is 4.90 Å². The summed E-state index contributed by atoms with van der Waals surface area (Å²) in [5, 5.41) is 0. The zero-order valence-corrected chi connectivity index (χ0v) is 16.8. The number of hydrogen-bond donors (Lipinski definition) is 0. The fraction of sp³-hybridized carbons (Fsp3) is 0.571. The molecule has 2 rings (SSSR count). The van der Waals surface area contributed by atoms with Crippen LogP contribution in [0.1, 0.15) is 33.3 Å². The van der Waals surface area contributed by atoms with Crippen molar-refractivity contribution in [2.75, 3.05) is 51.7 Å². The number of likely N-dealkylation sites (N-methyl/N-ethyl adjacent to an activating group) is 3. The number of anilines is 1. The first-order valence-corrected chi connectivity index (χ1v) is 9.42. The van der Waals surface area contributed by atoms with Gasteiger partial charge in [0, 0.05) is 39.4 Å². The van der Waals surface area contributed by atoms with E-state index in [2.05, 4.69) is 91.8 Å². The summed E-state index contributed by atoms with van der Waals surface area (Å²) in [4.78, 5) is 11.8. The summed E-state index contributed by atoms with van der Waals surface area (Å²) in [5.74, 6) is 1.23. The quantitative estimate of drug-likeness (QED) is 0.721. The van der Waals surface area contributed by atoms with Crippen LogP contribution in [-0.2, 0) is 0 Å². The van der Waals surface area contributed by atoms with E-state index in [1.165, 1.54) is 22.7 Å². The number of allylic oxidation sites excluding steroid dienone is 2. The normalized spacial score (nSPS) is 16.4. The molecule has 138 valence electrons. The van der Waals surface area contributed by atoms with E-state index in [-0.39, 0.29) is 0 Å². The number of rotatable bonds is 8. The van der Waals surface area contributed by atoms with E-state index >= 15 is 0 Å². The average molecular weight is 343 g/mol. The van der Waals surface area contributed by atoms with Crippen LogP contribution in [0.3, 0.4) is 0 Å². The molecule has 0 spiro atoms. The van der Waals surface area contributed by atoms with E-state index in [1.54, 1.807) is 0 Å². The predicted molar refractivity (Wildman–Crippen MR) is 111 cm³/mol. The molecule has 1 aliphatic heterocycles. The van der Waals surface area contributed by atoms with Crippen LogP contribution in [0, 0.1) is 0 Å². The molecule has 1 atom stereocenters. The van der Waals surface area contributed by atoms with E-state index < -0.39 is 0 Å². The van der Waals surface area contributed by atoms with E-state index in [9.17, 15) is 0 Å². The number of hydrogen-bond acceptors (Lipinski definition) is 4. The van der Waals surface area contributed by atoms with Gasteiger partial charge in [-0.1, -0.05) is 25.1 Å². The van der Waals surface area contributed by atoms with Gasteiger partial charge in [0.25, 0.3) is 0 Å². The molecule has 0 bridgehead atoms. The van der Waals surface area contributed by atoms with E-state index in [0.717, 1.165) is 32.7 Å². The minimum atomic E-state index is 0.380. The third kappa shape index (κ3) is 4.85. The third-order valence-corrected chi connectivity index (χ3v) is 5.35. The molecule has 1 aromatic rings. The monoisotopic (exact) mass is 342 g/mol. The Bertz CT molecular complexity index is 603. The second kappa shape index (κ2) is 9.04. The minimum absolute atomic E-state index is 0.380. The van der Waals surface area contributed by atoms with Crippen LogP contribution in [-0.4, -0.2) is 68.5 Å². The molecule has 25 heavy (non-hydrogen) atoms. The highest BCUT2D eigenvalue weighted by molar-refractivity contribution is 5.88. The highest BCUT2D eigenvalue weighted by Crippen LogP contribution is 2.19. The Hall–Kier alpha value is -1.81. The second-order valence-corrected chi connectivity index (χ2v) is 6.91. The summed E-state index contributed by atoms with van der Waals surface area (Å²) in [6.45, 7) is 13.8. The number of nitrogens with zero attached hydrogens (tertiary/aromatic N) is 4. The van der Waals surface area contributed by atoms with Crippen molar-refractivity contribution in [1.29, 1.82) is 0 Å². The molecule has 1 aromatic carbocycles. The van der Waals surface area contributed by atoms with Crippen molar-refractivity contribution in [2.45, 2.75) is 33.7 Å². The fourth-order valence-electron chi connectivity index (χ4n) is 3.34. The van der Waals surface area contributed by atoms with Gasteiger partial charge in [-0.25, -0.2) is 0 Å². The third-order valence-electron chi connectivity index (χ3n) is 5.35. The van der Waals surface area contributed by atoms with Crippen molar-refractivity contribution < 1.29 is 0 Å². The summed E-state index contributed by atoms with van der Waals surface area (Å²) in [6, 6.07) is 9.24. The van der Waals surface area contributed by atoms with Gasteiger partial charge in [-0.15, -0.1) is 0 Å². The van der Waals surface area contributed by atoms with Crippen molar-refractivity contribution in [2.24, 2.45) is 4.99 Å². The zero-order chi connectivity index (χ0) is 18.4. The first-order valence-electron chi connectivity index (χ1n) is 9.42. The summed E-state index contributed by atoms with van der Waals surface area (Å²) in [6.07, 6.45) is 2.15. The van der Waals surface area contributed by atoms with Gasteiger partial charge in [0.05, 0.1) is 12.6 Å². The largest absolute Gasteiger partial charge is 0.373 e. The predicted octanol–water partition coefficient (Wildman–Crippen LogP) is 3.60. The average Bonchev–Trinajstić information content (AvgIpc) is 3.07. The Balaban J connectivity index is 1.94. The van der Waals surface area contributed by atoms with Crippen LogP contribution in [0.15, 0.2) is 35.3 Å². The van der Waals surface area contributed by atoms with Crippen molar-refractivity contribution >= 4 is 17.1 Å². The molecule has 0 aliphatic carbocycles. The lowest BCUT2D eigenvalue weighted by atomic mass is 10.1. The summed E-state index contributed by atoms with van der Waals surface area (Å²) >= 11 is 0. The highest BCUT2D eigenvalue weighted by Gasteiger charge is 2.23. The lowest BCUT2D eigenvalue weighted by Gasteiger charge is -2.32. The van der Waals surface area contributed by atoms with Crippen molar-refractivity contribution in [3.05, 3.63) is 35.9 Å². The second-order valence-electron chi connectivity index (χ2n) is 6.91. The molecule has 0 fully saturated rings. The van der Waals surface area contributed by atoms with Crippen molar-refractivity contribution in [3.63, 3.8) is 0 Å². The molecular formula is C21H34N4. The van der Waals surface area contributed by atoms with Gasteiger partial charge >= 0.3 is 0 Å². The SMILES string of the molecule is CC=C(C)c1ccc(N(C)CCN(CC)C(C)C2=NCCN2C)cc1. The molecule has 4 heteroatoms. The highest BCUT2D eigenvalue weighted by atomic mass is 15.3. The van der Waals surface area contributed by atoms with E-state index in [1.807, 2.05) is 0 Å². The first-order chi connectivity index (χ1) is 12.0. The van der Waals surface area contributed by atoms with Gasteiger partial charge < -0.3 is 9.80 Å². The molecule has 1 heterocycles. The molecule has 0 aromatic heterocycles. The zero-order valence-electron chi connectivity index (χ0n) is 16.8. The molecule has 0 amide bonds. The molecule has 1 unspecified atom stereocenters. The van der Waals surface area contributed by atoms with Crippen LogP contribution in [0.2, 0.25) is 0 Å². The lowest BCUT2D eigenvalue weighted by Crippen LogP contribution is -2.46. The Morgan fingerprint density at radius 1 is 1.28 bits per heavy atom. The van der Waals surface area contributed by atoms with Crippen LogP contribution in [0.5, 0.6) is 0 Å². The van der Waals surface area contributed by atoms with Gasteiger partial charge in [-0.2, -0.15) is 0 Å². The topological polar surface area (TPSA) is 22.1 Å². The summed E-state index contributed by atoms with van der Waals surface area (Å²) in [5.41, 5.74) is 3.89. The maximum Gasteiger partial charge on any atom is 0.116 e. The first kappa shape index (κ1) is 19.5. The van der Waals surface area contributed by atoms with Gasteiger partial charge in [-0.05, 0) is 50.6 Å². The van der Waals surface area contributed by atoms with Crippen LogP contribution >= 0.6 is 0 Å². The maximum atomic E-state index is 4.69. The van der Waals surface area contributed by atoms with Crippen molar-refractivity contribution in [3.8, 4) is 0 Å². The standard InChI is InChI=1S/C21H34N4/c1-7-17(3)19-9-11-20(12-10-19)23(5)15-16-25(8-2)18(4)21-22-13-14-24(21)6/h7,9-12,18H,8,13-16H2,1-6H3. The number of aliphatic imine (C=N–C) groups is 1. The van der Waals surface area contributed by atoms with Gasteiger partial charge in [0.15, 0.2) is 0 Å². The molecular weight excluding hydrogens is 308 g/mol. The van der Waals surface area contributed by atoms with Crippen LogP contribution in [0.4, 0.5) is 5.69 Å². The molecule has 4 nitrogen and oxygen atoms in total. The fourth-order valence-corrected chi connectivity index (χ4v) is 3.34. The molecule has 0 N–H and O–H groups in total. The maximum absolute atomic E-state index is 4.69. The van der Waals surface area contributed by atoms with Gasteiger partial charge in [0.2, 0.25) is 0 Å². The van der Waals surface area contributed by atoms with Gasteiger partial charge in [-0.3, -0.25) is 9.89 Å². The molecule has 0 radical (unpaired) electrons. The minimum Gasteiger partial charge on any atom is -0.373 e. The Morgan fingerprint density at radius 3 is 2.48 bits per heavy atom. The lowest BCUT2D eigenvalue weighted by molar-refractivity contribution is 0.262. The van der Waals surface area contributed by atoms with E-state index in [0.29, 0.717) is 6.04 Å². The summed E-state index contributed by atoms with van der Waals surface area (Å²) < 4.78 is 0. The van der Waals surface area contributed by atoms with Crippen LogP contribution in [0.25, 0.3) is 5.57 Å². The van der Waals surface area contributed by atoms with E-state index in [4.69, 9.17) is 0 Å². The Kier molecular flexibility index (Phi) is 7.06. The number of amidine groups is 1. The number of benzene rings is 1.